The van der Waals surface area contributed by atoms with Crippen molar-refractivity contribution in [2.75, 3.05) is 19.6 Å². The van der Waals surface area contributed by atoms with Crippen molar-refractivity contribution in [3.05, 3.63) is 57.0 Å². The van der Waals surface area contributed by atoms with E-state index in [0.29, 0.717) is 13.1 Å². The van der Waals surface area contributed by atoms with Gasteiger partial charge in [0.1, 0.15) is 5.82 Å². The lowest BCUT2D eigenvalue weighted by Gasteiger charge is -2.37. The maximum Gasteiger partial charge on any atom is 0.237 e. The summed E-state index contributed by atoms with van der Waals surface area (Å²) in [5.74, 6) is -0.0169. The summed E-state index contributed by atoms with van der Waals surface area (Å²) in [4.78, 5) is 18.5. The van der Waals surface area contributed by atoms with E-state index in [1.165, 1.54) is 16.5 Å². The lowest BCUT2D eigenvalue weighted by molar-refractivity contribution is -0.135. The highest BCUT2D eigenvalue weighted by Gasteiger charge is 2.29. The molecule has 1 amide bonds. The summed E-state index contributed by atoms with van der Waals surface area (Å²) in [6, 6.07) is 7.11. The molecule has 0 unspecified atom stereocenters. The van der Waals surface area contributed by atoms with Crippen LogP contribution >= 0.6 is 11.3 Å². The average Bonchev–Trinajstić information content (AvgIpc) is 3.02. The summed E-state index contributed by atoms with van der Waals surface area (Å²) >= 11 is 1.82. The van der Waals surface area contributed by atoms with Crippen LogP contribution in [-0.4, -0.2) is 35.3 Å². The smallest absolute Gasteiger partial charge is 0.237 e. The second-order valence-corrected chi connectivity index (χ2v) is 7.69. The number of fused-ring (bicyclic) bond motifs is 2. The lowest BCUT2D eigenvalue weighted by atomic mass is 9.93. The maximum absolute atomic E-state index is 13.4. The first-order chi connectivity index (χ1) is 11.6. The molecule has 0 aliphatic carbocycles. The molecule has 0 saturated heterocycles. The monoisotopic (exact) mass is 344 g/mol. The minimum Gasteiger partial charge on any atom is -0.334 e. The van der Waals surface area contributed by atoms with Gasteiger partial charge in [-0.1, -0.05) is 6.07 Å². The molecule has 0 N–H and O–H groups in total. The van der Waals surface area contributed by atoms with E-state index < -0.39 is 0 Å². The zero-order valence-electron chi connectivity index (χ0n) is 13.8. The highest BCUT2D eigenvalue weighted by atomic mass is 32.1. The van der Waals surface area contributed by atoms with Crippen molar-refractivity contribution in [1.29, 1.82) is 0 Å². The normalized spacial score (nSPS) is 20.6. The molecule has 1 atom stereocenters. The molecule has 1 aromatic carbocycles. The number of benzene rings is 1. The molecule has 24 heavy (non-hydrogen) atoms. The van der Waals surface area contributed by atoms with Gasteiger partial charge in [-0.05, 0) is 60.0 Å². The zero-order chi connectivity index (χ0) is 16.7. The lowest BCUT2D eigenvalue weighted by Crippen LogP contribution is -2.45. The van der Waals surface area contributed by atoms with Crippen molar-refractivity contribution in [2.24, 2.45) is 0 Å². The number of halogens is 1. The molecule has 0 saturated carbocycles. The van der Waals surface area contributed by atoms with Crippen molar-refractivity contribution in [3.8, 4) is 0 Å². The number of nitrogens with zero attached hydrogens (tertiary/aromatic N) is 2. The molecule has 0 spiro atoms. The standard InChI is InChI=1S/C19H21FN2OS/c1-13-17-3-2-16(20)10-14(17)4-8-22(13)19(23)12-21-7-5-18-15(11-21)6-9-24-18/h2-3,6,9-10,13H,4-5,7-8,11-12H2,1H3/t13-/m0/s1. The van der Waals surface area contributed by atoms with E-state index in [9.17, 15) is 9.18 Å². The molecule has 2 aliphatic rings. The van der Waals surface area contributed by atoms with E-state index in [1.54, 1.807) is 6.07 Å². The summed E-state index contributed by atoms with van der Waals surface area (Å²) in [5, 5.41) is 2.14. The Hall–Kier alpha value is -1.72. The van der Waals surface area contributed by atoms with Crippen LogP contribution < -0.4 is 0 Å². The van der Waals surface area contributed by atoms with Crippen LogP contribution in [0.5, 0.6) is 0 Å². The minimum atomic E-state index is -0.194. The van der Waals surface area contributed by atoms with Gasteiger partial charge in [0.2, 0.25) is 5.91 Å². The van der Waals surface area contributed by atoms with Gasteiger partial charge in [-0.2, -0.15) is 0 Å². The van der Waals surface area contributed by atoms with Gasteiger partial charge in [0, 0.05) is 24.5 Å². The number of amides is 1. The molecule has 4 rings (SSSR count). The van der Waals surface area contributed by atoms with E-state index in [2.05, 4.69) is 16.3 Å². The summed E-state index contributed by atoms with van der Waals surface area (Å²) in [6.45, 7) is 5.00. The third-order valence-electron chi connectivity index (χ3n) is 5.21. The van der Waals surface area contributed by atoms with E-state index in [-0.39, 0.29) is 17.8 Å². The van der Waals surface area contributed by atoms with Gasteiger partial charge in [-0.15, -0.1) is 11.3 Å². The molecule has 2 aromatic rings. The molecule has 0 fully saturated rings. The molecule has 126 valence electrons. The Morgan fingerprint density at radius 3 is 3.00 bits per heavy atom. The van der Waals surface area contributed by atoms with Crippen LogP contribution in [0.15, 0.2) is 29.6 Å². The Bertz CT molecular complexity index is 772. The van der Waals surface area contributed by atoms with Crippen molar-refractivity contribution < 1.29 is 9.18 Å². The number of carbonyl (C=O) groups excluding carboxylic acids is 1. The highest BCUT2D eigenvalue weighted by molar-refractivity contribution is 7.10. The number of thiophene rings is 1. The second-order valence-electron chi connectivity index (χ2n) is 6.69. The van der Waals surface area contributed by atoms with Crippen molar-refractivity contribution >= 4 is 17.2 Å². The predicted molar refractivity (Wildman–Crippen MR) is 93.5 cm³/mol. The van der Waals surface area contributed by atoms with Gasteiger partial charge in [-0.25, -0.2) is 4.39 Å². The van der Waals surface area contributed by atoms with E-state index in [4.69, 9.17) is 0 Å². The number of hydrogen-bond donors (Lipinski definition) is 0. The first kappa shape index (κ1) is 15.8. The van der Waals surface area contributed by atoms with Crippen LogP contribution in [-0.2, 0) is 24.2 Å². The van der Waals surface area contributed by atoms with Crippen molar-refractivity contribution in [2.45, 2.75) is 32.4 Å². The SMILES string of the molecule is C[C@H]1c2ccc(F)cc2CCN1C(=O)CN1CCc2sccc2C1. The number of carbonyl (C=O) groups is 1. The van der Waals surface area contributed by atoms with Crippen LogP contribution in [0.3, 0.4) is 0 Å². The Morgan fingerprint density at radius 2 is 2.12 bits per heavy atom. The Kier molecular flexibility index (Phi) is 4.14. The third-order valence-corrected chi connectivity index (χ3v) is 6.23. The first-order valence-electron chi connectivity index (χ1n) is 8.47. The van der Waals surface area contributed by atoms with Crippen LogP contribution in [0.1, 0.15) is 34.5 Å². The largest absolute Gasteiger partial charge is 0.334 e. The number of rotatable bonds is 2. The van der Waals surface area contributed by atoms with Gasteiger partial charge < -0.3 is 4.90 Å². The van der Waals surface area contributed by atoms with Crippen molar-refractivity contribution in [3.63, 3.8) is 0 Å². The molecule has 2 aliphatic heterocycles. The van der Waals surface area contributed by atoms with Crippen LogP contribution in [0.4, 0.5) is 4.39 Å². The quantitative estimate of drug-likeness (QED) is 0.834. The Balaban J connectivity index is 1.45. The van der Waals surface area contributed by atoms with Gasteiger partial charge in [0.05, 0.1) is 12.6 Å². The third kappa shape index (κ3) is 2.87. The molecular weight excluding hydrogens is 323 g/mol. The van der Waals surface area contributed by atoms with E-state index >= 15 is 0 Å². The topological polar surface area (TPSA) is 23.6 Å². The highest BCUT2D eigenvalue weighted by Crippen LogP contribution is 2.30. The summed E-state index contributed by atoms with van der Waals surface area (Å²) < 4.78 is 13.4. The molecule has 5 heteroatoms. The molecule has 3 heterocycles. The van der Waals surface area contributed by atoms with Crippen LogP contribution in [0.2, 0.25) is 0 Å². The summed E-state index contributed by atoms with van der Waals surface area (Å²) in [5.41, 5.74) is 3.48. The summed E-state index contributed by atoms with van der Waals surface area (Å²) in [6.07, 6.45) is 1.77. The number of hydrogen-bond acceptors (Lipinski definition) is 3. The van der Waals surface area contributed by atoms with E-state index in [1.807, 2.05) is 29.2 Å². The second kappa shape index (κ2) is 6.30. The van der Waals surface area contributed by atoms with Gasteiger partial charge in [0.15, 0.2) is 0 Å². The van der Waals surface area contributed by atoms with E-state index in [0.717, 1.165) is 37.1 Å². The van der Waals surface area contributed by atoms with Gasteiger partial charge in [0.25, 0.3) is 0 Å². The molecule has 1 aromatic heterocycles. The molecule has 3 nitrogen and oxygen atoms in total. The van der Waals surface area contributed by atoms with Crippen LogP contribution in [0.25, 0.3) is 0 Å². The maximum atomic E-state index is 13.4. The first-order valence-corrected chi connectivity index (χ1v) is 9.35. The fourth-order valence-electron chi connectivity index (χ4n) is 3.87. The predicted octanol–water partition coefficient (Wildman–Crippen LogP) is 3.39. The molecule has 0 bridgehead atoms. The molecule has 0 radical (unpaired) electrons. The van der Waals surface area contributed by atoms with Gasteiger partial charge in [-0.3, -0.25) is 9.69 Å². The van der Waals surface area contributed by atoms with Crippen molar-refractivity contribution in [1.82, 2.24) is 9.80 Å². The fourth-order valence-corrected chi connectivity index (χ4v) is 4.76. The Morgan fingerprint density at radius 1 is 1.25 bits per heavy atom. The minimum absolute atomic E-state index is 0.0170. The van der Waals surface area contributed by atoms with Gasteiger partial charge >= 0.3 is 0 Å². The van der Waals surface area contributed by atoms with Crippen LogP contribution in [0, 0.1) is 5.82 Å². The summed E-state index contributed by atoms with van der Waals surface area (Å²) in [7, 11) is 0. The fraction of sp³-hybridized carbons (Fsp3) is 0.421. The zero-order valence-corrected chi connectivity index (χ0v) is 14.6. The average molecular weight is 344 g/mol. The molecular formula is C19H21FN2OS. The Labute approximate surface area is 145 Å².